The molecule has 1 aromatic carbocycles. The summed E-state index contributed by atoms with van der Waals surface area (Å²) in [4.78, 5) is 17.2. The van der Waals surface area contributed by atoms with Gasteiger partial charge in [-0.1, -0.05) is 18.2 Å². The van der Waals surface area contributed by atoms with E-state index >= 15 is 0 Å². The third-order valence-corrected chi connectivity index (χ3v) is 3.73. The van der Waals surface area contributed by atoms with Crippen molar-refractivity contribution >= 4 is 5.91 Å². The van der Waals surface area contributed by atoms with E-state index in [4.69, 9.17) is 11.3 Å². The predicted octanol–water partition coefficient (Wildman–Crippen LogP) is 1.70. The van der Waals surface area contributed by atoms with Crippen molar-refractivity contribution in [2.45, 2.75) is 25.4 Å². The zero-order chi connectivity index (χ0) is 15.1. The lowest BCUT2D eigenvalue weighted by atomic mass is 10.1. The molecule has 0 bridgehead atoms. The summed E-state index contributed by atoms with van der Waals surface area (Å²) in [5, 5.41) is 3.16. The van der Waals surface area contributed by atoms with Gasteiger partial charge in [0.2, 0.25) is 5.91 Å². The van der Waals surface area contributed by atoms with Crippen LogP contribution in [0, 0.1) is 6.57 Å². The number of hydrogen-bond donors (Lipinski definition) is 1. The van der Waals surface area contributed by atoms with Crippen LogP contribution in [0.3, 0.4) is 0 Å². The molecule has 1 aromatic rings. The molecule has 0 aliphatic carbocycles. The lowest BCUT2D eigenvalue weighted by Gasteiger charge is -2.16. The maximum absolute atomic E-state index is 12.0. The number of carbonyl (C=O) groups is 1. The summed E-state index contributed by atoms with van der Waals surface area (Å²) < 4.78 is 5.30. The number of carbonyl (C=O) groups excluding carboxylic acids is 1. The summed E-state index contributed by atoms with van der Waals surface area (Å²) in [6.07, 6.45) is 2.29. The summed E-state index contributed by atoms with van der Waals surface area (Å²) in [6.45, 7) is 8.80. The highest BCUT2D eigenvalue weighted by Gasteiger charge is 2.32. The van der Waals surface area contributed by atoms with Crippen LogP contribution in [0.4, 0.5) is 0 Å². The largest absolute Gasteiger partial charge is 0.496 e. The van der Waals surface area contributed by atoms with Gasteiger partial charge in [-0.25, -0.2) is 6.57 Å². The second kappa shape index (κ2) is 7.65. The maximum atomic E-state index is 12.0. The number of ether oxygens (including phenoxy) is 1. The minimum absolute atomic E-state index is 0.0218. The Morgan fingerprint density at radius 3 is 3.10 bits per heavy atom. The zero-order valence-electron chi connectivity index (χ0n) is 12.3. The molecular weight excluding hydrogens is 266 g/mol. The van der Waals surface area contributed by atoms with Crippen molar-refractivity contribution in [1.29, 1.82) is 0 Å². The van der Waals surface area contributed by atoms with E-state index in [2.05, 4.69) is 10.2 Å². The van der Waals surface area contributed by atoms with E-state index in [0.717, 1.165) is 30.6 Å². The van der Waals surface area contributed by atoms with Crippen LogP contribution in [0.15, 0.2) is 24.3 Å². The number of nitrogens with one attached hydrogen (secondary N) is 1. The van der Waals surface area contributed by atoms with E-state index in [1.165, 1.54) is 0 Å². The fourth-order valence-electron chi connectivity index (χ4n) is 2.60. The number of benzene rings is 1. The van der Waals surface area contributed by atoms with Crippen LogP contribution in [0.5, 0.6) is 5.75 Å². The van der Waals surface area contributed by atoms with E-state index in [1.807, 2.05) is 24.3 Å². The summed E-state index contributed by atoms with van der Waals surface area (Å²) in [5.74, 6) is 0.895. The van der Waals surface area contributed by atoms with Gasteiger partial charge in [0.05, 0.1) is 13.7 Å². The first-order valence-electron chi connectivity index (χ1n) is 7.25. The summed E-state index contributed by atoms with van der Waals surface area (Å²) in [6, 6.07) is 7.88. The van der Waals surface area contributed by atoms with Gasteiger partial charge in [-0.15, -0.1) is 0 Å². The first-order valence-corrected chi connectivity index (χ1v) is 7.25. The first kappa shape index (κ1) is 15.3. The first-order chi connectivity index (χ1) is 10.3. The van der Waals surface area contributed by atoms with Crippen LogP contribution in [0.1, 0.15) is 18.4 Å². The van der Waals surface area contributed by atoms with Crippen molar-refractivity contribution in [2.24, 2.45) is 0 Å². The molecule has 0 unspecified atom stereocenters. The summed E-state index contributed by atoms with van der Waals surface area (Å²) >= 11 is 0. The van der Waals surface area contributed by atoms with E-state index < -0.39 is 0 Å². The van der Waals surface area contributed by atoms with E-state index in [0.29, 0.717) is 19.6 Å². The molecule has 5 nitrogen and oxygen atoms in total. The fourth-order valence-corrected chi connectivity index (χ4v) is 2.60. The normalized spacial score (nSPS) is 17.5. The molecule has 1 aliphatic heterocycles. The molecule has 1 aliphatic rings. The molecular formula is C16H21N3O2. The smallest absolute Gasteiger partial charge is 0.300 e. The number of nitrogens with zero attached hydrogens (tertiary/aromatic N) is 2. The quantitative estimate of drug-likeness (QED) is 0.640. The number of para-hydroxylation sites is 1. The topological polar surface area (TPSA) is 45.9 Å². The van der Waals surface area contributed by atoms with Crippen LogP contribution in [0.2, 0.25) is 0 Å². The number of likely N-dealkylation sites (tertiary alicyclic amines) is 1. The third kappa shape index (κ3) is 3.96. The number of amides is 1. The third-order valence-electron chi connectivity index (χ3n) is 3.73. The lowest BCUT2D eigenvalue weighted by Crippen LogP contribution is -2.40. The molecule has 1 N–H and O–H groups in total. The van der Waals surface area contributed by atoms with E-state index in [1.54, 1.807) is 12.0 Å². The van der Waals surface area contributed by atoms with Crippen molar-refractivity contribution in [3.05, 3.63) is 41.2 Å². The van der Waals surface area contributed by atoms with Crippen LogP contribution in [-0.2, 0) is 11.2 Å². The number of methoxy groups -OCH3 is 1. The second-order valence-corrected chi connectivity index (χ2v) is 5.08. The molecule has 0 spiro atoms. The highest BCUT2D eigenvalue weighted by Crippen LogP contribution is 2.18. The molecule has 1 saturated heterocycles. The van der Waals surface area contributed by atoms with Gasteiger partial charge >= 0.3 is 6.17 Å². The van der Waals surface area contributed by atoms with Crippen molar-refractivity contribution in [1.82, 2.24) is 10.2 Å². The second-order valence-electron chi connectivity index (χ2n) is 5.08. The molecule has 0 radical (unpaired) electrons. The Balaban J connectivity index is 1.75. The Morgan fingerprint density at radius 2 is 2.33 bits per heavy atom. The minimum Gasteiger partial charge on any atom is -0.496 e. The Labute approximate surface area is 125 Å². The molecule has 1 fully saturated rings. The number of rotatable bonds is 6. The zero-order valence-corrected chi connectivity index (χ0v) is 12.3. The van der Waals surface area contributed by atoms with Gasteiger partial charge in [0.1, 0.15) is 5.75 Å². The summed E-state index contributed by atoms with van der Waals surface area (Å²) in [5.41, 5.74) is 1.13. The fraction of sp³-hybridized carbons (Fsp3) is 0.500. The van der Waals surface area contributed by atoms with Gasteiger partial charge in [0.15, 0.2) is 0 Å². The molecule has 1 atom stereocenters. The molecule has 5 heteroatoms. The SMILES string of the molecule is [C-]#[N+][C@@H]1CCCN1C(=O)CNCCc1ccccc1OC. The maximum Gasteiger partial charge on any atom is 0.300 e. The molecule has 0 aromatic heterocycles. The summed E-state index contributed by atoms with van der Waals surface area (Å²) in [7, 11) is 1.66. The van der Waals surface area contributed by atoms with Gasteiger partial charge in [-0.05, 0) is 31.0 Å². The molecule has 112 valence electrons. The van der Waals surface area contributed by atoms with Crippen LogP contribution in [-0.4, -0.2) is 43.7 Å². The monoisotopic (exact) mass is 287 g/mol. The molecule has 2 rings (SSSR count). The average Bonchev–Trinajstić information content (AvgIpc) is 3.00. The molecule has 0 saturated carbocycles. The lowest BCUT2D eigenvalue weighted by molar-refractivity contribution is -0.130. The van der Waals surface area contributed by atoms with Gasteiger partial charge in [0.25, 0.3) is 0 Å². The number of hydrogen-bond acceptors (Lipinski definition) is 3. The van der Waals surface area contributed by atoms with Gasteiger partial charge < -0.3 is 10.1 Å². The highest BCUT2D eigenvalue weighted by molar-refractivity contribution is 5.79. The van der Waals surface area contributed by atoms with E-state index in [9.17, 15) is 4.79 Å². The average molecular weight is 287 g/mol. The van der Waals surface area contributed by atoms with Crippen LogP contribution < -0.4 is 10.1 Å². The van der Waals surface area contributed by atoms with Gasteiger partial charge in [-0.3, -0.25) is 14.5 Å². The van der Waals surface area contributed by atoms with E-state index in [-0.39, 0.29) is 12.1 Å². The Kier molecular flexibility index (Phi) is 5.59. The Bertz CT molecular complexity index is 524. The molecule has 21 heavy (non-hydrogen) atoms. The Morgan fingerprint density at radius 1 is 1.52 bits per heavy atom. The Hall–Kier alpha value is -2.06. The van der Waals surface area contributed by atoms with Crippen molar-refractivity contribution in [3.8, 4) is 5.75 Å². The van der Waals surface area contributed by atoms with Crippen molar-refractivity contribution in [2.75, 3.05) is 26.7 Å². The van der Waals surface area contributed by atoms with Gasteiger partial charge in [0, 0.05) is 13.0 Å². The minimum atomic E-state index is -0.256. The van der Waals surface area contributed by atoms with Crippen molar-refractivity contribution in [3.63, 3.8) is 0 Å². The standard InChI is InChI=1S/C16H21N3O2/c1-17-15-8-5-11-19(15)16(20)12-18-10-9-13-6-3-4-7-14(13)21-2/h3-4,6-7,15,18H,5,8-12H2,2H3/t15-/m0/s1. The molecule has 1 amide bonds. The van der Waals surface area contributed by atoms with Crippen molar-refractivity contribution < 1.29 is 9.53 Å². The highest BCUT2D eigenvalue weighted by atomic mass is 16.5. The predicted molar refractivity (Wildman–Crippen MR) is 80.9 cm³/mol. The van der Waals surface area contributed by atoms with Crippen LogP contribution >= 0.6 is 0 Å². The van der Waals surface area contributed by atoms with Gasteiger partial charge in [-0.2, -0.15) is 0 Å². The van der Waals surface area contributed by atoms with Crippen LogP contribution in [0.25, 0.3) is 4.85 Å². The molecule has 1 heterocycles.